The first kappa shape index (κ1) is 13.8. The lowest BCUT2D eigenvalue weighted by atomic mass is 10.1. The zero-order valence-corrected chi connectivity index (χ0v) is 13.6. The van der Waals surface area contributed by atoms with Crippen LogP contribution in [0.2, 0.25) is 10.0 Å². The Morgan fingerprint density at radius 1 is 1.18 bits per heavy atom. The lowest BCUT2D eigenvalue weighted by Crippen LogP contribution is -1.80. The highest BCUT2D eigenvalue weighted by atomic mass is 35.5. The van der Waals surface area contributed by atoms with E-state index in [2.05, 4.69) is 25.4 Å². The van der Waals surface area contributed by atoms with E-state index in [1.165, 1.54) is 11.3 Å². The van der Waals surface area contributed by atoms with Crippen LogP contribution in [-0.2, 0) is 0 Å². The number of halogens is 2. The molecule has 0 radical (unpaired) electrons. The van der Waals surface area contributed by atoms with Crippen molar-refractivity contribution in [2.45, 2.75) is 6.92 Å². The molecule has 4 rings (SSSR count). The fourth-order valence-electron chi connectivity index (χ4n) is 2.45. The topological polar surface area (TPSA) is 70.2 Å². The molecule has 8 heteroatoms. The summed E-state index contributed by atoms with van der Waals surface area (Å²) in [5.41, 5.74) is 3.59. The minimum Gasteiger partial charge on any atom is -0.351 e. The molecule has 0 bridgehead atoms. The predicted molar refractivity (Wildman–Crippen MR) is 89.5 cm³/mol. The maximum Gasteiger partial charge on any atom is 0.164 e. The number of fused-ring (bicyclic) bond motifs is 1. The molecule has 1 aromatic carbocycles. The van der Waals surface area contributed by atoms with E-state index in [-0.39, 0.29) is 0 Å². The second kappa shape index (κ2) is 5.08. The van der Waals surface area contributed by atoms with E-state index in [0.717, 1.165) is 37.7 Å². The molecule has 0 fully saturated rings. The minimum absolute atomic E-state index is 0.497. The second-order valence-electron chi connectivity index (χ2n) is 4.77. The van der Waals surface area contributed by atoms with Crippen molar-refractivity contribution < 1.29 is 0 Å². The molecule has 0 saturated heterocycles. The average molecular weight is 350 g/mol. The summed E-state index contributed by atoms with van der Waals surface area (Å²) in [6.45, 7) is 1.92. The van der Waals surface area contributed by atoms with Crippen LogP contribution < -0.4 is 0 Å². The second-order valence-corrected chi connectivity index (χ2v) is 6.74. The molecule has 2 N–H and O–H groups in total. The molecule has 5 nitrogen and oxygen atoms in total. The lowest BCUT2D eigenvalue weighted by molar-refractivity contribution is 1.05. The van der Waals surface area contributed by atoms with Crippen LogP contribution >= 0.6 is 34.5 Å². The van der Waals surface area contributed by atoms with Crippen molar-refractivity contribution in [3.8, 4) is 21.8 Å². The Morgan fingerprint density at radius 2 is 2.05 bits per heavy atom. The van der Waals surface area contributed by atoms with Crippen LogP contribution in [0.1, 0.15) is 5.01 Å². The third-order valence-electron chi connectivity index (χ3n) is 3.39. The maximum atomic E-state index is 6.35. The number of aromatic amines is 2. The molecule has 0 amide bonds. The average Bonchev–Trinajstić information content (AvgIpc) is 3.20. The van der Waals surface area contributed by atoms with Crippen molar-refractivity contribution in [3.05, 3.63) is 39.6 Å². The van der Waals surface area contributed by atoms with Crippen molar-refractivity contribution in [3.63, 3.8) is 0 Å². The zero-order chi connectivity index (χ0) is 15.3. The molecule has 0 spiro atoms. The van der Waals surface area contributed by atoms with E-state index < -0.39 is 0 Å². The fourth-order valence-corrected chi connectivity index (χ4v) is 3.52. The highest BCUT2D eigenvalue weighted by Crippen LogP contribution is 2.42. The van der Waals surface area contributed by atoms with Crippen molar-refractivity contribution >= 4 is 45.4 Å². The molecule has 110 valence electrons. The summed E-state index contributed by atoms with van der Waals surface area (Å²) in [6.07, 6.45) is 3.60. The van der Waals surface area contributed by atoms with Gasteiger partial charge in [-0.1, -0.05) is 40.6 Å². The van der Waals surface area contributed by atoms with E-state index in [9.17, 15) is 0 Å². The van der Waals surface area contributed by atoms with E-state index >= 15 is 0 Å². The van der Waals surface area contributed by atoms with Gasteiger partial charge in [-0.3, -0.25) is 5.10 Å². The van der Waals surface area contributed by atoms with Gasteiger partial charge in [0.15, 0.2) is 5.01 Å². The number of nitrogens with one attached hydrogen (secondary N) is 2. The normalized spacial score (nSPS) is 11.4. The third-order valence-corrected chi connectivity index (χ3v) is 5.05. The summed E-state index contributed by atoms with van der Waals surface area (Å²) in [5.74, 6) is 0. The fraction of sp³-hybridized carbons (Fsp3) is 0.0714. The van der Waals surface area contributed by atoms with Gasteiger partial charge in [0.05, 0.1) is 27.5 Å². The molecule has 0 atom stereocenters. The van der Waals surface area contributed by atoms with Crippen molar-refractivity contribution in [1.29, 1.82) is 0 Å². The van der Waals surface area contributed by atoms with Crippen molar-refractivity contribution in [2.24, 2.45) is 0 Å². The number of rotatable bonds is 2. The molecule has 3 heterocycles. The Bertz CT molecular complexity index is 971. The standard InChI is InChI=1S/C14H9Cl2N5S/c1-6-20-21-14(22-6)13-10(7-4-17-18-5-7)8-2-3-9(15)11(16)12(8)19-13/h2-5,19H,1H3,(H,17,18). The molecule has 4 aromatic rings. The smallest absolute Gasteiger partial charge is 0.164 e. The Balaban J connectivity index is 2.11. The van der Waals surface area contributed by atoms with Crippen LogP contribution in [0.4, 0.5) is 0 Å². The largest absolute Gasteiger partial charge is 0.351 e. The Kier molecular flexibility index (Phi) is 3.18. The van der Waals surface area contributed by atoms with Gasteiger partial charge in [-0.25, -0.2) is 0 Å². The maximum absolute atomic E-state index is 6.35. The third kappa shape index (κ3) is 2.03. The van der Waals surface area contributed by atoms with Gasteiger partial charge in [-0.05, 0) is 13.0 Å². The summed E-state index contributed by atoms with van der Waals surface area (Å²) in [7, 11) is 0. The van der Waals surface area contributed by atoms with Gasteiger partial charge in [0.1, 0.15) is 5.01 Å². The van der Waals surface area contributed by atoms with Gasteiger partial charge in [-0.2, -0.15) is 5.10 Å². The van der Waals surface area contributed by atoms with Gasteiger partial charge in [0.25, 0.3) is 0 Å². The molecule has 22 heavy (non-hydrogen) atoms. The van der Waals surface area contributed by atoms with Crippen LogP contribution in [0.3, 0.4) is 0 Å². The van der Waals surface area contributed by atoms with E-state index in [1.807, 2.05) is 19.2 Å². The van der Waals surface area contributed by atoms with Crippen LogP contribution in [0.15, 0.2) is 24.5 Å². The number of aromatic nitrogens is 5. The summed E-state index contributed by atoms with van der Waals surface area (Å²) >= 11 is 14.0. The first-order chi connectivity index (χ1) is 10.6. The first-order valence-electron chi connectivity index (χ1n) is 6.44. The zero-order valence-electron chi connectivity index (χ0n) is 11.3. The lowest BCUT2D eigenvalue weighted by Gasteiger charge is -1.99. The van der Waals surface area contributed by atoms with Gasteiger partial charge >= 0.3 is 0 Å². The van der Waals surface area contributed by atoms with E-state index in [4.69, 9.17) is 23.2 Å². The molecule has 0 aliphatic rings. The van der Waals surface area contributed by atoms with E-state index in [1.54, 1.807) is 12.3 Å². The molecule has 3 aromatic heterocycles. The number of hydrogen-bond acceptors (Lipinski definition) is 4. The summed E-state index contributed by atoms with van der Waals surface area (Å²) in [4.78, 5) is 3.34. The molecular weight excluding hydrogens is 341 g/mol. The van der Waals surface area contributed by atoms with Crippen LogP contribution in [-0.4, -0.2) is 25.4 Å². The molecule has 0 aliphatic heterocycles. The van der Waals surface area contributed by atoms with Gasteiger partial charge in [-0.15, -0.1) is 10.2 Å². The Hall–Kier alpha value is -1.89. The number of H-pyrrole nitrogens is 2. The SMILES string of the molecule is Cc1nnc(-c2[nH]c3c(Cl)c(Cl)ccc3c2-c2cn[nH]c2)s1. The summed E-state index contributed by atoms with van der Waals surface area (Å²) in [5, 5.41) is 18.9. The highest BCUT2D eigenvalue weighted by Gasteiger charge is 2.20. The van der Waals surface area contributed by atoms with Crippen LogP contribution in [0.5, 0.6) is 0 Å². The van der Waals surface area contributed by atoms with Gasteiger partial charge in [0, 0.05) is 22.7 Å². The Labute approximate surface area is 139 Å². The van der Waals surface area contributed by atoms with Crippen LogP contribution in [0.25, 0.3) is 32.7 Å². The van der Waals surface area contributed by atoms with Gasteiger partial charge in [0.2, 0.25) is 0 Å². The number of hydrogen-bond donors (Lipinski definition) is 2. The van der Waals surface area contributed by atoms with Crippen molar-refractivity contribution in [1.82, 2.24) is 25.4 Å². The number of aryl methyl sites for hydroxylation is 1. The summed E-state index contributed by atoms with van der Waals surface area (Å²) in [6, 6.07) is 3.73. The van der Waals surface area contributed by atoms with E-state index in [0.29, 0.717) is 10.0 Å². The first-order valence-corrected chi connectivity index (χ1v) is 8.01. The quantitative estimate of drug-likeness (QED) is 0.551. The predicted octanol–water partition coefficient (Wildman–Crippen LogP) is 4.69. The molecule has 0 unspecified atom stereocenters. The number of benzene rings is 1. The Morgan fingerprint density at radius 3 is 2.73 bits per heavy atom. The minimum atomic E-state index is 0.497. The van der Waals surface area contributed by atoms with Gasteiger partial charge < -0.3 is 4.98 Å². The van der Waals surface area contributed by atoms with Crippen LogP contribution in [0, 0.1) is 6.92 Å². The number of nitrogens with zero attached hydrogens (tertiary/aromatic N) is 3. The monoisotopic (exact) mass is 349 g/mol. The van der Waals surface area contributed by atoms with Crippen molar-refractivity contribution in [2.75, 3.05) is 0 Å². The molecular formula is C14H9Cl2N5S. The molecule has 0 aliphatic carbocycles. The highest BCUT2D eigenvalue weighted by molar-refractivity contribution is 7.14. The molecule has 0 saturated carbocycles. The summed E-state index contributed by atoms with van der Waals surface area (Å²) < 4.78 is 0.